The molecule has 1 aliphatic rings. The fourth-order valence-electron chi connectivity index (χ4n) is 1.73. The van der Waals surface area contributed by atoms with E-state index >= 15 is 0 Å². The summed E-state index contributed by atoms with van der Waals surface area (Å²) in [7, 11) is 0. The Labute approximate surface area is 80.7 Å². The van der Waals surface area contributed by atoms with Crippen molar-refractivity contribution in [3.8, 4) is 0 Å². The van der Waals surface area contributed by atoms with Gasteiger partial charge in [-0.05, 0) is 25.5 Å². The molecule has 0 aromatic heterocycles. The second-order valence-electron chi connectivity index (χ2n) is 3.43. The molecule has 0 saturated heterocycles. The second kappa shape index (κ2) is 2.65. The number of carbonyl (C=O) groups is 2. The highest BCUT2D eigenvalue weighted by Crippen LogP contribution is 2.25. The summed E-state index contributed by atoms with van der Waals surface area (Å²) in [6.45, 7) is 3.58. The van der Waals surface area contributed by atoms with Crippen molar-refractivity contribution in [1.82, 2.24) is 5.06 Å². The second-order valence-corrected chi connectivity index (χ2v) is 3.43. The number of aryl methyl sites for hydroxylation is 2. The molecule has 1 aromatic carbocycles. The van der Waals surface area contributed by atoms with Crippen molar-refractivity contribution >= 4 is 11.8 Å². The third-order valence-corrected chi connectivity index (χ3v) is 2.31. The van der Waals surface area contributed by atoms with Crippen LogP contribution < -0.4 is 0 Å². The van der Waals surface area contributed by atoms with Crippen LogP contribution in [0.3, 0.4) is 0 Å². The van der Waals surface area contributed by atoms with Crippen molar-refractivity contribution in [3.05, 3.63) is 34.4 Å². The predicted molar refractivity (Wildman–Crippen MR) is 48.2 cm³/mol. The maximum atomic E-state index is 11.4. The van der Waals surface area contributed by atoms with E-state index in [0.29, 0.717) is 5.56 Å². The Hall–Kier alpha value is -1.68. The van der Waals surface area contributed by atoms with Gasteiger partial charge in [0.1, 0.15) is 0 Å². The monoisotopic (exact) mass is 191 g/mol. The molecule has 4 nitrogen and oxygen atoms in total. The highest BCUT2D eigenvalue weighted by Gasteiger charge is 2.36. The molecule has 1 N–H and O–H groups in total. The largest absolute Gasteiger partial charge is 0.285 e. The summed E-state index contributed by atoms with van der Waals surface area (Å²) in [6.07, 6.45) is 0. The van der Waals surface area contributed by atoms with E-state index in [0.717, 1.165) is 11.1 Å². The molecule has 0 aliphatic carbocycles. The number of hydrogen-bond donors (Lipinski definition) is 1. The Morgan fingerprint density at radius 3 is 2.43 bits per heavy atom. The lowest BCUT2D eigenvalue weighted by Gasteiger charge is -2.01. The maximum absolute atomic E-state index is 11.4. The van der Waals surface area contributed by atoms with Crippen molar-refractivity contribution in [3.63, 3.8) is 0 Å². The smallest absolute Gasteiger partial charge is 0.278 e. The number of hydroxylamine groups is 2. The summed E-state index contributed by atoms with van der Waals surface area (Å²) in [5, 5.41) is 9.30. The SMILES string of the molecule is Cc1cc(C)c2c(c1)C(=O)N(O)C2=O. The summed E-state index contributed by atoms with van der Waals surface area (Å²) in [5.74, 6) is -1.28. The summed E-state index contributed by atoms with van der Waals surface area (Å²) >= 11 is 0. The molecule has 2 rings (SSSR count). The molecule has 1 aliphatic heterocycles. The van der Waals surface area contributed by atoms with Crippen LogP contribution in [0.2, 0.25) is 0 Å². The Kier molecular flexibility index (Phi) is 1.69. The van der Waals surface area contributed by atoms with Gasteiger partial charge in [0.05, 0.1) is 11.1 Å². The molecule has 4 heteroatoms. The van der Waals surface area contributed by atoms with Crippen LogP contribution in [0, 0.1) is 13.8 Å². The van der Waals surface area contributed by atoms with Gasteiger partial charge in [-0.2, -0.15) is 0 Å². The third-order valence-electron chi connectivity index (χ3n) is 2.31. The first kappa shape index (κ1) is 8.90. The number of carbonyl (C=O) groups excluding carboxylic acids is 2. The number of hydrogen-bond acceptors (Lipinski definition) is 3. The van der Waals surface area contributed by atoms with Crippen LogP contribution in [0.1, 0.15) is 31.8 Å². The summed E-state index contributed by atoms with van der Waals surface area (Å²) in [6, 6.07) is 3.42. The van der Waals surface area contributed by atoms with Crippen LogP contribution in [-0.4, -0.2) is 22.1 Å². The zero-order chi connectivity index (χ0) is 10.5. The van der Waals surface area contributed by atoms with Crippen LogP contribution in [0.5, 0.6) is 0 Å². The summed E-state index contributed by atoms with van der Waals surface area (Å²) in [4.78, 5) is 22.8. The Balaban J connectivity index is 2.76. The number of imide groups is 1. The van der Waals surface area contributed by atoms with Crippen molar-refractivity contribution in [2.45, 2.75) is 13.8 Å². The van der Waals surface area contributed by atoms with Crippen LogP contribution in [-0.2, 0) is 0 Å². The molecule has 0 spiro atoms. The molecule has 0 bridgehead atoms. The highest BCUT2D eigenvalue weighted by molar-refractivity contribution is 6.21. The number of nitrogens with zero attached hydrogens (tertiary/aromatic N) is 1. The Morgan fingerprint density at radius 1 is 1.14 bits per heavy atom. The quantitative estimate of drug-likeness (QED) is 0.496. The molecule has 72 valence electrons. The van der Waals surface area contributed by atoms with Crippen LogP contribution >= 0.6 is 0 Å². The zero-order valence-corrected chi connectivity index (χ0v) is 7.87. The van der Waals surface area contributed by atoms with Crippen LogP contribution in [0.25, 0.3) is 0 Å². The molecular formula is C10H9NO3. The van der Waals surface area contributed by atoms with E-state index in [4.69, 9.17) is 5.21 Å². The van der Waals surface area contributed by atoms with Crippen LogP contribution in [0.4, 0.5) is 0 Å². The summed E-state index contributed by atoms with van der Waals surface area (Å²) in [5.41, 5.74) is 2.21. The number of rotatable bonds is 0. The van der Waals surface area contributed by atoms with Crippen LogP contribution in [0.15, 0.2) is 12.1 Å². The Morgan fingerprint density at radius 2 is 1.79 bits per heavy atom. The van der Waals surface area contributed by atoms with Gasteiger partial charge in [-0.15, -0.1) is 5.06 Å². The molecule has 1 heterocycles. The zero-order valence-electron chi connectivity index (χ0n) is 7.87. The first-order valence-corrected chi connectivity index (χ1v) is 4.21. The molecule has 0 fully saturated rings. The molecule has 0 unspecified atom stereocenters. The molecule has 14 heavy (non-hydrogen) atoms. The predicted octanol–water partition coefficient (Wildman–Crippen LogP) is 1.29. The van der Waals surface area contributed by atoms with Gasteiger partial charge in [0, 0.05) is 0 Å². The lowest BCUT2D eigenvalue weighted by molar-refractivity contribution is -0.0327. The van der Waals surface area contributed by atoms with E-state index in [1.165, 1.54) is 0 Å². The van der Waals surface area contributed by atoms with E-state index in [1.54, 1.807) is 13.0 Å². The molecule has 1 aromatic rings. The average Bonchev–Trinajstić information content (AvgIpc) is 2.31. The van der Waals surface area contributed by atoms with E-state index in [2.05, 4.69) is 0 Å². The lowest BCUT2D eigenvalue weighted by atomic mass is 10.0. The maximum Gasteiger partial charge on any atom is 0.285 e. The third kappa shape index (κ3) is 0.975. The lowest BCUT2D eigenvalue weighted by Crippen LogP contribution is -2.25. The molecule has 0 radical (unpaired) electrons. The normalized spacial score (nSPS) is 14.9. The van der Waals surface area contributed by atoms with Crippen molar-refractivity contribution < 1.29 is 14.8 Å². The standard InChI is InChI=1S/C10H9NO3/c1-5-3-6(2)8-7(4-5)9(12)11(14)10(8)13/h3-4,14H,1-2H3. The van der Waals surface area contributed by atoms with Gasteiger partial charge in [0.15, 0.2) is 0 Å². The van der Waals surface area contributed by atoms with E-state index in [1.807, 2.05) is 13.0 Å². The summed E-state index contributed by atoms with van der Waals surface area (Å²) < 4.78 is 0. The van der Waals surface area contributed by atoms with Gasteiger partial charge in [-0.3, -0.25) is 14.8 Å². The first-order chi connectivity index (χ1) is 6.52. The highest BCUT2D eigenvalue weighted by atomic mass is 16.5. The van der Waals surface area contributed by atoms with E-state index in [9.17, 15) is 9.59 Å². The number of fused-ring (bicyclic) bond motifs is 1. The molecule has 0 atom stereocenters. The number of benzene rings is 1. The minimum absolute atomic E-state index is 0.164. The van der Waals surface area contributed by atoms with E-state index in [-0.39, 0.29) is 10.6 Å². The van der Waals surface area contributed by atoms with Gasteiger partial charge in [0.25, 0.3) is 11.8 Å². The molecule has 2 amide bonds. The Bertz CT molecular complexity index is 451. The average molecular weight is 191 g/mol. The first-order valence-electron chi connectivity index (χ1n) is 4.21. The van der Waals surface area contributed by atoms with Crippen molar-refractivity contribution in [2.24, 2.45) is 0 Å². The molecule has 0 saturated carbocycles. The van der Waals surface area contributed by atoms with Gasteiger partial charge >= 0.3 is 0 Å². The molecular weight excluding hydrogens is 182 g/mol. The minimum atomic E-state index is -0.642. The van der Waals surface area contributed by atoms with Gasteiger partial charge < -0.3 is 0 Å². The van der Waals surface area contributed by atoms with Gasteiger partial charge in [0.2, 0.25) is 0 Å². The van der Waals surface area contributed by atoms with Gasteiger partial charge in [-0.25, -0.2) is 0 Å². The fraction of sp³-hybridized carbons (Fsp3) is 0.200. The van der Waals surface area contributed by atoms with Gasteiger partial charge in [-0.1, -0.05) is 11.6 Å². The van der Waals surface area contributed by atoms with E-state index < -0.39 is 11.8 Å². The fourth-order valence-corrected chi connectivity index (χ4v) is 1.73. The number of amides is 2. The topological polar surface area (TPSA) is 57.6 Å². The van der Waals surface area contributed by atoms with Crippen molar-refractivity contribution in [2.75, 3.05) is 0 Å². The minimum Gasteiger partial charge on any atom is -0.278 e. The van der Waals surface area contributed by atoms with Crippen molar-refractivity contribution in [1.29, 1.82) is 0 Å².